The second-order valence-electron chi connectivity index (χ2n) is 8.19. The lowest BCUT2D eigenvalue weighted by Crippen LogP contribution is -2.45. The van der Waals surface area contributed by atoms with Gasteiger partial charge in [-0.05, 0) is 45.2 Å². The smallest absolute Gasteiger partial charge is 0.225 e. The first-order valence-corrected chi connectivity index (χ1v) is 11.2. The molecule has 3 rings (SSSR count). The summed E-state index contributed by atoms with van der Waals surface area (Å²) in [5.74, 6) is 2.80. The third-order valence-electron chi connectivity index (χ3n) is 5.79. The third kappa shape index (κ3) is 7.43. The summed E-state index contributed by atoms with van der Waals surface area (Å²) in [4.78, 5) is 19.4. The molecule has 1 aliphatic carbocycles. The zero-order valence-corrected chi connectivity index (χ0v) is 21.3. The summed E-state index contributed by atoms with van der Waals surface area (Å²) in [6, 6.07) is 7.87. The average molecular weight is 544 g/mol. The molecule has 2 atom stereocenters. The number of methoxy groups -OCH3 is 1. The van der Waals surface area contributed by atoms with Crippen molar-refractivity contribution in [3.05, 3.63) is 24.3 Å². The highest BCUT2D eigenvalue weighted by Gasteiger charge is 2.32. The highest BCUT2D eigenvalue weighted by molar-refractivity contribution is 14.0. The lowest BCUT2D eigenvalue weighted by molar-refractivity contribution is -0.134. The minimum Gasteiger partial charge on any atom is -0.493 e. The van der Waals surface area contributed by atoms with E-state index in [9.17, 15) is 4.79 Å². The van der Waals surface area contributed by atoms with Gasteiger partial charge in [0.25, 0.3) is 0 Å². The second kappa shape index (κ2) is 13.0. The van der Waals surface area contributed by atoms with Gasteiger partial charge in [-0.2, -0.15) is 0 Å². The molecule has 31 heavy (non-hydrogen) atoms. The standard InChI is InChI=1S/C23H36N4O3.HI/c1-4-24-23(25-15-17(2)30-21-12-8-7-11-20(21)29-3)26-19-13-14-27(16-19)22(28)18-9-5-6-10-18;/h7-8,11-12,17-19H,4-6,9-10,13-16H2,1-3H3,(H2,24,25,26);1H. The summed E-state index contributed by atoms with van der Waals surface area (Å²) in [5.41, 5.74) is 0. The van der Waals surface area contributed by atoms with Crippen LogP contribution >= 0.6 is 24.0 Å². The normalized spacial score (nSPS) is 20.2. The van der Waals surface area contributed by atoms with Gasteiger partial charge in [0.1, 0.15) is 6.10 Å². The van der Waals surface area contributed by atoms with Crippen molar-refractivity contribution in [1.29, 1.82) is 0 Å². The largest absolute Gasteiger partial charge is 0.493 e. The first-order chi connectivity index (χ1) is 14.6. The number of halogens is 1. The van der Waals surface area contributed by atoms with Crippen LogP contribution in [0, 0.1) is 5.92 Å². The van der Waals surface area contributed by atoms with Crippen LogP contribution in [0.5, 0.6) is 11.5 Å². The lowest BCUT2D eigenvalue weighted by Gasteiger charge is -2.22. The number of guanidine groups is 1. The van der Waals surface area contributed by atoms with Crippen LogP contribution in [0.4, 0.5) is 0 Å². The van der Waals surface area contributed by atoms with Gasteiger partial charge < -0.3 is 25.0 Å². The average Bonchev–Trinajstić information content (AvgIpc) is 3.44. The number of carbonyl (C=O) groups excluding carboxylic acids is 1. The number of aliphatic imine (C=N–C) groups is 1. The number of amides is 1. The van der Waals surface area contributed by atoms with E-state index in [0.717, 1.165) is 56.4 Å². The van der Waals surface area contributed by atoms with Gasteiger partial charge in [0, 0.05) is 31.6 Å². The Kier molecular flexibility index (Phi) is 10.7. The Bertz CT molecular complexity index is 725. The van der Waals surface area contributed by atoms with Crippen molar-refractivity contribution in [3.8, 4) is 11.5 Å². The van der Waals surface area contributed by atoms with Gasteiger partial charge in [-0.15, -0.1) is 24.0 Å². The molecule has 0 spiro atoms. The van der Waals surface area contributed by atoms with Crippen molar-refractivity contribution in [1.82, 2.24) is 15.5 Å². The second-order valence-corrected chi connectivity index (χ2v) is 8.19. The van der Waals surface area contributed by atoms with Gasteiger partial charge in [-0.1, -0.05) is 25.0 Å². The fraction of sp³-hybridized carbons (Fsp3) is 0.652. The Morgan fingerprint density at radius 1 is 1.23 bits per heavy atom. The first-order valence-electron chi connectivity index (χ1n) is 11.2. The molecule has 1 amide bonds. The number of nitrogens with zero attached hydrogens (tertiary/aromatic N) is 2. The van der Waals surface area contributed by atoms with Crippen molar-refractivity contribution in [2.45, 2.75) is 58.1 Å². The molecule has 1 heterocycles. The zero-order valence-electron chi connectivity index (χ0n) is 18.9. The molecule has 0 aromatic heterocycles. The molecule has 2 aliphatic rings. The van der Waals surface area contributed by atoms with Gasteiger partial charge in [0.2, 0.25) is 5.91 Å². The molecule has 7 nitrogen and oxygen atoms in total. The number of carbonyl (C=O) groups is 1. The fourth-order valence-electron chi connectivity index (χ4n) is 4.21. The topological polar surface area (TPSA) is 75.2 Å². The summed E-state index contributed by atoms with van der Waals surface area (Å²) in [6.07, 6.45) is 5.36. The quantitative estimate of drug-likeness (QED) is 0.298. The molecule has 174 valence electrons. The van der Waals surface area contributed by atoms with E-state index in [1.54, 1.807) is 7.11 Å². The van der Waals surface area contributed by atoms with E-state index in [-0.39, 0.29) is 42.0 Å². The van der Waals surface area contributed by atoms with Crippen LogP contribution in [0.1, 0.15) is 46.0 Å². The molecule has 1 saturated carbocycles. The van der Waals surface area contributed by atoms with Crippen LogP contribution in [0.15, 0.2) is 29.3 Å². The molecule has 2 fully saturated rings. The summed E-state index contributed by atoms with van der Waals surface area (Å²) < 4.78 is 11.3. The number of ether oxygens (including phenoxy) is 2. The lowest BCUT2D eigenvalue weighted by atomic mass is 10.1. The summed E-state index contributed by atoms with van der Waals surface area (Å²) >= 11 is 0. The fourth-order valence-corrected chi connectivity index (χ4v) is 4.21. The molecule has 2 N–H and O–H groups in total. The molecule has 8 heteroatoms. The predicted octanol–water partition coefficient (Wildman–Crippen LogP) is 3.43. The highest BCUT2D eigenvalue weighted by atomic mass is 127. The van der Waals surface area contributed by atoms with Gasteiger partial charge in [-0.3, -0.25) is 4.79 Å². The Morgan fingerprint density at radius 2 is 1.94 bits per heavy atom. The Labute approximate surface area is 203 Å². The van der Waals surface area contributed by atoms with E-state index < -0.39 is 0 Å². The summed E-state index contributed by atoms with van der Waals surface area (Å²) in [6.45, 7) is 6.94. The molecule has 0 radical (unpaired) electrons. The van der Waals surface area contributed by atoms with Crippen molar-refractivity contribution in [3.63, 3.8) is 0 Å². The molecule has 2 unspecified atom stereocenters. The van der Waals surface area contributed by atoms with Gasteiger partial charge in [0.15, 0.2) is 17.5 Å². The molecule has 1 aliphatic heterocycles. The molecule has 1 saturated heterocycles. The number of rotatable bonds is 8. The molecule has 1 aromatic rings. The Morgan fingerprint density at radius 3 is 2.61 bits per heavy atom. The van der Waals surface area contributed by atoms with E-state index in [0.29, 0.717) is 12.5 Å². The maximum atomic E-state index is 12.7. The zero-order chi connectivity index (χ0) is 21.3. The number of hydrogen-bond acceptors (Lipinski definition) is 4. The van der Waals surface area contributed by atoms with Crippen LogP contribution in [-0.2, 0) is 4.79 Å². The number of likely N-dealkylation sites (tertiary alicyclic amines) is 1. The summed E-state index contributed by atoms with van der Waals surface area (Å²) in [5, 5.41) is 6.80. The maximum Gasteiger partial charge on any atom is 0.225 e. The molecule has 0 bridgehead atoms. The van der Waals surface area contributed by atoms with Crippen LogP contribution in [0.2, 0.25) is 0 Å². The van der Waals surface area contributed by atoms with Crippen molar-refractivity contribution >= 4 is 35.8 Å². The van der Waals surface area contributed by atoms with E-state index in [4.69, 9.17) is 14.5 Å². The number of nitrogens with one attached hydrogen (secondary N) is 2. The summed E-state index contributed by atoms with van der Waals surface area (Å²) in [7, 11) is 1.64. The van der Waals surface area contributed by atoms with E-state index in [1.165, 1.54) is 12.8 Å². The number of benzene rings is 1. The van der Waals surface area contributed by atoms with Crippen molar-refractivity contribution < 1.29 is 14.3 Å². The predicted molar refractivity (Wildman–Crippen MR) is 135 cm³/mol. The van der Waals surface area contributed by atoms with Crippen LogP contribution in [0.3, 0.4) is 0 Å². The Hall–Kier alpha value is -1.71. The number of hydrogen-bond donors (Lipinski definition) is 2. The first kappa shape index (κ1) is 25.5. The third-order valence-corrected chi connectivity index (χ3v) is 5.79. The van der Waals surface area contributed by atoms with Gasteiger partial charge in [-0.25, -0.2) is 4.99 Å². The van der Waals surface area contributed by atoms with E-state index >= 15 is 0 Å². The van der Waals surface area contributed by atoms with Crippen molar-refractivity contribution in [2.75, 3.05) is 33.3 Å². The van der Waals surface area contributed by atoms with E-state index in [2.05, 4.69) is 17.6 Å². The van der Waals surface area contributed by atoms with Crippen molar-refractivity contribution in [2.24, 2.45) is 10.9 Å². The minimum absolute atomic E-state index is 0. The number of para-hydroxylation sites is 2. The van der Waals surface area contributed by atoms with Gasteiger partial charge >= 0.3 is 0 Å². The Balaban J connectivity index is 0.00000341. The van der Waals surface area contributed by atoms with Crippen LogP contribution in [-0.4, -0.2) is 62.2 Å². The molecular weight excluding hydrogens is 507 g/mol. The SMILES string of the molecule is CCNC(=NCC(C)Oc1ccccc1OC)NC1CCN(C(=O)C2CCCC2)C1.I. The van der Waals surface area contributed by atoms with Crippen LogP contribution in [0.25, 0.3) is 0 Å². The maximum absolute atomic E-state index is 12.7. The minimum atomic E-state index is -0.0965. The van der Waals surface area contributed by atoms with Gasteiger partial charge in [0.05, 0.1) is 13.7 Å². The van der Waals surface area contributed by atoms with E-state index in [1.807, 2.05) is 36.1 Å². The molecule has 1 aromatic carbocycles. The highest BCUT2D eigenvalue weighted by Crippen LogP contribution is 2.28. The monoisotopic (exact) mass is 544 g/mol. The molecular formula is C23H37IN4O3. The van der Waals surface area contributed by atoms with Crippen LogP contribution < -0.4 is 20.1 Å².